The fourth-order valence-electron chi connectivity index (χ4n) is 5.30. The van der Waals surface area contributed by atoms with E-state index in [2.05, 4.69) is 15.3 Å². The molecule has 12 heteroatoms. The Morgan fingerprint density at radius 3 is 2.29 bits per heavy atom. The zero-order valence-corrected chi connectivity index (χ0v) is 24.8. The molecule has 4 rings (SSSR count). The molecule has 1 aromatic heterocycles. The predicted octanol–water partition coefficient (Wildman–Crippen LogP) is 5.05. The lowest BCUT2D eigenvalue weighted by atomic mass is 9.93. The van der Waals surface area contributed by atoms with Crippen LogP contribution in [0.3, 0.4) is 0 Å². The third-order valence-electron chi connectivity index (χ3n) is 7.39. The van der Waals surface area contributed by atoms with E-state index in [0.29, 0.717) is 42.6 Å². The Hall–Kier alpha value is -3.57. The van der Waals surface area contributed by atoms with Gasteiger partial charge in [-0.05, 0) is 57.1 Å². The lowest BCUT2D eigenvalue weighted by Crippen LogP contribution is -2.43. The average molecular weight is 592 g/mol. The molecule has 0 bridgehead atoms. The van der Waals surface area contributed by atoms with Crippen LogP contribution in [-0.2, 0) is 9.53 Å². The van der Waals surface area contributed by atoms with Crippen molar-refractivity contribution >= 4 is 17.9 Å². The zero-order valence-electron chi connectivity index (χ0n) is 24.8. The maximum absolute atomic E-state index is 14.8. The lowest BCUT2D eigenvalue weighted by Gasteiger charge is -2.32. The van der Waals surface area contributed by atoms with Gasteiger partial charge in [0, 0.05) is 44.6 Å². The third kappa shape index (κ3) is 8.25. The maximum Gasteiger partial charge on any atom is 0.407 e. The Bertz CT molecular complexity index is 1250. The average Bonchev–Trinajstić information content (AvgIpc) is 3.31. The second kappa shape index (κ2) is 13.2. The molecular formula is C30H40F3N5O4. The molecule has 0 spiro atoms. The van der Waals surface area contributed by atoms with Gasteiger partial charge in [0.15, 0.2) is 17.4 Å². The number of likely N-dealkylation sites (tertiary alicyclic amines) is 1. The van der Waals surface area contributed by atoms with Gasteiger partial charge in [-0.15, -0.1) is 0 Å². The molecule has 0 saturated carbocycles. The Kier molecular flexibility index (Phi) is 9.83. The van der Waals surface area contributed by atoms with Gasteiger partial charge < -0.3 is 24.6 Å². The van der Waals surface area contributed by atoms with Crippen LogP contribution in [0.15, 0.2) is 24.5 Å². The number of nitrogens with one attached hydrogen (secondary N) is 1. The molecule has 2 aliphatic rings. The summed E-state index contributed by atoms with van der Waals surface area (Å²) in [6, 6.07) is 0.649. The first kappa shape index (κ1) is 31.4. The number of amides is 2. The number of carbonyl (C=O) groups excluding carboxylic acids is 2. The van der Waals surface area contributed by atoms with Gasteiger partial charge in [-0.25, -0.2) is 27.9 Å². The van der Waals surface area contributed by atoms with E-state index in [-0.39, 0.29) is 24.6 Å². The monoisotopic (exact) mass is 591 g/mol. The Morgan fingerprint density at radius 1 is 1.02 bits per heavy atom. The highest BCUT2D eigenvalue weighted by molar-refractivity contribution is 5.76. The van der Waals surface area contributed by atoms with Crippen LogP contribution in [0, 0.1) is 29.3 Å². The van der Waals surface area contributed by atoms with Crippen molar-refractivity contribution in [3.63, 3.8) is 0 Å². The van der Waals surface area contributed by atoms with Crippen molar-refractivity contribution in [2.45, 2.75) is 71.4 Å². The van der Waals surface area contributed by atoms with E-state index in [1.807, 2.05) is 18.7 Å². The van der Waals surface area contributed by atoms with Gasteiger partial charge in [0.25, 0.3) is 0 Å². The van der Waals surface area contributed by atoms with E-state index in [1.165, 1.54) is 0 Å². The fraction of sp³-hybridized carbons (Fsp3) is 0.600. The topological polar surface area (TPSA) is 96.9 Å². The number of benzene rings is 1. The van der Waals surface area contributed by atoms with Crippen molar-refractivity contribution in [3.05, 3.63) is 47.5 Å². The van der Waals surface area contributed by atoms with Gasteiger partial charge in [-0.1, -0.05) is 13.8 Å². The first-order valence-corrected chi connectivity index (χ1v) is 14.4. The van der Waals surface area contributed by atoms with E-state index < -0.39 is 41.1 Å². The molecule has 2 aliphatic heterocycles. The summed E-state index contributed by atoms with van der Waals surface area (Å²) in [6.45, 7) is 11.5. The number of ether oxygens (including phenoxy) is 2. The van der Waals surface area contributed by atoms with Crippen molar-refractivity contribution in [2.75, 3.05) is 37.7 Å². The Labute approximate surface area is 244 Å². The molecule has 1 aromatic carbocycles. The number of hydrogen-bond acceptors (Lipinski definition) is 7. The van der Waals surface area contributed by atoms with Crippen LogP contribution in [0.2, 0.25) is 0 Å². The molecule has 1 N–H and O–H groups in total. The summed E-state index contributed by atoms with van der Waals surface area (Å²) in [5, 5.41) is 2.74. The van der Waals surface area contributed by atoms with Crippen molar-refractivity contribution in [2.24, 2.45) is 11.8 Å². The van der Waals surface area contributed by atoms with Crippen molar-refractivity contribution in [1.29, 1.82) is 0 Å². The van der Waals surface area contributed by atoms with E-state index >= 15 is 0 Å². The number of aromatic nitrogens is 2. The minimum Gasteiger partial charge on any atom is -0.490 e. The summed E-state index contributed by atoms with van der Waals surface area (Å²) < 4.78 is 53.7. The van der Waals surface area contributed by atoms with Gasteiger partial charge in [0.1, 0.15) is 11.4 Å². The number of nitrogens with zero attached hydrogens (tertiary/aromatic N) is 4. The first-order valence-electron chi connectivity index (χ1n) is 14.4. The zero-order chi connectivity index (χ0) is 30.6. The molecule has 2 atom stereocenters. The second-order valence-electron chi connectivity index (χ2n) is 12.5. The molecule has 42 heavy (non-hydrogen) atoms. The predicted molar refractivity (Wildman–Crippen MR) is 151 cm³/mol. The number of alkyl carbamates (subject to hydrolysis) is 1. The fourth-order valence-corrected chi connectivity index (χ4v) is 5.30. The standard InChI is InChI=1S/C30H40F3N5O4/c1-18(2)10-27(39)37-8-6-19(7-9-37)17-41-20-13-34-28(35-14-20)38-15-22(21-11-24(32)25(33)12-23(21)31)26(16-38)36-29(40)42-30(3,4)5/h11-14,18-19,22,26H,6-10,15-17H2,1-5H3,(H,36,40). The number of hydrogen-bond donors (Lipinski definition) is 1. The summed E-state index contributed by atoms with van der Waals surface area (Å²) in [5.74, 6) is -2.41. The molecular weight excluding hydrogens is 551 g/mol. The van der Waals surface area contributed by atoms with Crippen LogP contribution in [0.4, 0.5) is 23.9 Å². The van der Waals surface area contributed by atoms with Crippen LogP contribution < -0.4 is 15.0 Å². The minimum absolute atomic E-state index is 0.0608. The SMILES string of the molecule is CC(C)CC(=O)N1CCC(COc2cnc(N3CC(NC(=O)OC(C)(C)C)C(c4cc(F)c(F)cc4F)C3)nc2)CC1. The quantitative estimate of drug-likeness (QED) is 0.429. The molecule has 0 aliphatic carbocycles. The first-order chi connectivity index (χ1) is 19.8. The lowest BCUT2D eigenvalue weighted by molar-refractivity contribution is -0.133. The van der Waals surface area contributed by atoms with Crippen molar-refractivity contribution in [1.82, 2.24) is 20.2 Å². The number of halogens is 3. The Balaban J connectivity index is 1.38. The summed E-state index contributed by atoms with van der Waals surface area (Å²) in [4.78, 5) is 37.3. The van der Waals surface area contributed by atoms with Crippen molar-refractivity contribution < 1.29 is 32.2 Å². The third-order valence-corrected chi connectivity index (χ3v) is 7.39. The van der Waals surface area contributed by atoms with Crippen LogP contribution in [0.1, 0.15) is 65.4 Å². The minimum atomic E-state index is -1.29. The van der Waals surface area contributed by atoms with Crippen molar-refractivity contribution in [3.8, 4) is 5.75 Å². The van der Waals surface area contributed by atoms with Gasteiger partial charge in [0.2, 0.25) is 11.9 Å². The largest absolute Gasteiger partial charge is 0.490 e. The number of piperidine rings is 1. The molecule has 2 aromatic rings. The van der Waals surface area contributed by atoms with E-state index in [0.717, 1.165) is 32.0 Å². The maximum atomic E-state index is 14.8. The Morgan fingerprint density at radius 2 is 1.67 bits per heavy atom. The summed E-state index contributed by atoms with van der Waals surface area (Å²) in [5.41, 5.74) is -0.818. The molecule has 9 nitrogen and oxygen atoms in total. The van der Waals surface area contributed by atoms with E-state index in [9.17, 15) is 22.8 Å². The van der Waals surface area contributed by atoms with E-state index in [4.69, 9.17) is 9.47 Å². The smallest absolute Gasteiger partial charge is 0.407 e. The number of carbonyl (C=O) groups is 2. The normalized spacial score (nSPS) is 19.7. The molecule has 3 heterocycles. The highest BCUT2D eigenvalue weighted by atomic mass is 19.2. The molecule has 2 fully saturated rings. The van der Waals surface area contributed by atoms with Crippen LogP contribution in [0.5, 0.6) is 5.75 Å². The summed E-state index contributed by atoms with van der Waals surface area (Å²) >= 11 is 0. The molecule has 2 saturated heterocycles. The van der Waals surface area contributed by atoms with Gasteiger partial charge in [-0.3, -0.25) is 4.79 Å². The summed E-state index contributed by atoms with van der Waals surface area (Å²) in [7, 11) is 0. The highest BCUT2D eigenvalue weighted by Gasteiger charge is 2.39. The van der Waals surface area contributed by atoms with Gasteiger partial charge in [-0.2, -0.15) is 0 Å². The molecule has 2 unspecified atom stereocenters. The second-order valence-corrected chi connectivity index (χ2v) is 12.5. The molecule has 230 valence electrons. The summed E-state index contributed by atoms with van der Waals surface area (Å²) in [6.07, 6.45) is 4.68. The van der Waals surface area contributed by atoms with Gasteiger partial charge >= 0.3 is 6.09 Å². The number of rotatable bonds is 8. The number of anilines is 1. The highest BCUT2D eigenvalue weighted by Crippen LogP contribution is 2.33. The van der Waals surface area contributed by atoms with E-state index in [1.54, 1.807) is 38.1 Å². The van der Waals surface area contributed by atoms with Crippen LogP contribution in [0.25, 0.3) is 0 Å². The molecule has 2 amide bonds. The molecule has 0 radical (unpaired) electrons. The van der Waals surface area contributed by atoms with Crippen LogP contribution >= 0.6 is 0 Å². The van der Waals surface area contributed by atoms with Gasteiger partial charge in [0.05, 0.1) is 25.0 Å². The van der Waals surface area contributed by atoms with Crippen LogP contribution in [-0.4, -0.2) is 71.3 Å².